The van der Waals surface area contributed by atoms with E-state index >= 15 is 0 Å². The second-order valence-corrected chi connectivity index (χ2v) is 18.1. The lowest BCUT2D eigenvalue weighted by molar-refractivity contribution is -0.247. The SMILES string of the molecule is COC(C1CC(C)C2C(O1)C(O)C1(C)C3CCC4C(C)(C)C(OC5CN(C)CCO5)CCC45CC35CCC21C)C(C)(C)O. The summed E-state index contributed by atoms with van der Waals surface area (Å²) in [5, 5.41) is 23.4. The first-order valence-corrected chi connectivity index (χ1v) is 17.6. The van der Waals surface area contributed by atoms with Crippen molar-refractivity contribution < 1.29 is 29.2 Å². The van der Waals surface area contributed by atoms with Crippen LogP contribution in [0.15, 0.2) is 0 Å². The Morgan fingerprint density at radius 1 is 1.00 bits per heavy atom. The summed E-state index contributed by atoms with van der Waals surface area (Å²) in [6.07, 6.45) is 8.18. The van der Waals surface area contributed by atoms with Crippen molar-refractivity contribution in [3.05, 3.63) is 0 Å². The van der Waals surface area contributed by atoms with Gasteiger partial charge >= 0.3 is 0 Å². The van der Waals surface area contributed by atoms with Gasteiger partial charge in [-0.25, -0.2) is 0 Å². The molecule has 0 aromatic rings. The van der Waals surface area contributed by atoms with E-state index in [4.69, 9.17) is 18.9 Å². The Hall–Kier alpha value is -0.280. The molecule has 7 aliphatic rings. The second-order valence-electron chi connectivity index (χ2n) is 18.1. The first-order chi connectivity index (χ1) is 20.1. The van der Waals surface area contributed by atoms with Crippen molar-refractivity contribution in [2.75, 3.05) is 33.9 Å². The summed E-state index contributed by atoms with van der Waals surface area (Å²) < 4.78 is 25.6. The van der Waals surface area contributed by atoms with Crippen LogP contribution in [0, 0.1) is 50.7 Å². The van der Waals surface area contributed by atoms with E-state index in [1.165, 1.54) is 38.5 Å². The quantitative estimate of drug-likeness (QED) is 0.444. The molecule has 5 aliphatic carbocycles. The third kappa shape index (κ3) is 4.04. The summed E-state index contributed by atoms with van der Waals surface area (Å²) in [6, 6.07) is 0. The Bertz CT molecular complexity index is 1090. The van der Waals surface area contributed by atoms with Gasteiger partial charge in [-0.3, -0.25) is 4.90 Å². The van der Waals surface area contributed by atoms with Gasteiger partial charge in [0.05, 0.1) is 36.6 Å². The Balaban J connectivity index is 1.15. The highest BCUT2D eigenvalue weighted by Crippen LogP contribution is 2.89. The van der Waals surface area contributed by atoms with Crippen molar-refractivity contribution in [1.82, 2.24) is 4.90 Å². The molecule has 0 amide bonds. The van der Waals surface area contributed by atoms with Crippen molar-refractivity contribution >= 4 is 0 Å². The highest BCUT2D eigenvalue weighted by Gasteiger charge is 2.84. The number of nitrogens with zero attached hydrogens (tertiary/aromatic N) is 1. The first-order valence-electron chi connectivity index (χ1n) is 17.6. The van der Waals surface area contributed by atoms with Crippen molar-refractivity contribution in [2.24, 2.45) is 50.7 Å². The van der Waals surface area contributed by atoms with E-state index in [1.54, 1.807) is 7.11 Å². The lowest BCUT2D eigenvalue weighted by Crippen LogP contribution is -2.60. The number of likely N-dealkylation sites (N-methyl/N-ethyl adjacent to an activating group) is 1. The zero-order valence-corrected chi connectivity index (χ0v) is 28.5. The molecule has 14 atom stereocenters. The summed E-state index contributed by atoms with van der Waals surface area (Å²) in [4.78, 5) is 2.32. The smallest absolute Gasteiger partial charge is 0.170 e. The van der Waals surface area contributed by atoms with Crippen LogP contribution in [0.5, 0.6) is 0 Å². The van der Waals surface area contributed by atoms with Crippen molar-refractivity contribution in [2.45, 2.75) is 142 Å². The van der Waals surface area contributed by atoms with Crippen LogP contribution in [0.25, 0.3) is 0 Å². The molecule has 246 valence electrons. The van der Waals surface area contributed by atoms with Crippen LogP contribution in [0.1, 0.15) is 99.8 Å². The Kier molecular flexibility index (Phi) is 7.19. The van der Waals surface area contributed by atoms with Gasteiger partial charge in [0.2, 0.25) is 0 Å². The number of aliphatic hydroxyl groups excluding tert-OH is 1. The molecule has 7 heteroatoms. The topological polar surface area (TPSA) is 80.6 Å². The highest BCUT2D eigenvalue weighted by atomic mass is 16.7. The Morgan fingerprint density at radius 2 is 1.70 bits per heavy atom. The normalized spacial score (nSPS) is 54.9. The van der Waals surface area contributed by atoms with E-state index in [2.05, 4.69) is 46.6 Å². The van der Waals surface area contributed by atoms with Crippen LogP contribution in [-0.2, 0) is 18.9 Å². The second kappa shape index (κ2) is 9.87. The molecular formula is C36H61NO6. The molecule has 7 nitrogen and oxygen atoms in total. The molecule has 2 N–H and O–H groups in total. The van der Waals surface area contributed by atoms with Crippen LogP contribution in [0.3, 0.4) is 0 Å². The first kappa shape index (κ1) is 31.3. The molecule has 2 heterocycles. The van der Waals surface area contributed by atoms with Crippen LogP contribution in [0.2, 0.25) is 0 Å². The third-order valence-corrected chi connectivity index (χ3v) is 15.6. The molecular weight excluding hydrogens is 542 g/mol. The molecule has 0 bridgehead atoms. The molecule has 2 spiro atoms. The van der Waals surface area contributed by atoms with E-state index in [0.29, 0.717) is 34.5 Å². The molecule has 43 heavy (non-hydrogen) atoms. The van der Waals surface area contributed by atoms with Gasteiger partial charge in [-0.05, 0) is 118 Å². The molecule has 7 fully saturated rings. The molecule has 14 unspecified atom stereocenters. The number of methoxy groups -OCH3 is 1. The van der Waals surface area contributed by atoms with Gasteiger partial charge in [0, 0.05) is 25.6 Å². The fourth-order valence-corrected chi connectivity index (χ4v) is 13.6. The van der Waals surface area contributed by atoms with E-state index < -0.39 is 17.8 Å². The molecule has 0 radical (unpaired) electrons. The maximum absolute atomic E-state index is 12.5. The summed E-state index contributed by atoms with van der Waals surface area (Å²) in [6.45, 7) is 18.5. The van der Waals surface area contributed by atoms with Gasteiger partial charge in [-0.2, -0.15) is 0 Å². The third-order valence-electron chi connectivity index (χ3n) is 15.6. The van der Waals surface area contributed by atoms with E-state index in [9.17, 15) is 10.2 Å². The predicted molar refractivity (Wildman–Crippen MR) is 165 cm³/mol. The van der Waals surface area contributed by atoms with Crippen LogP contribution >= 0.6 is 0 Å². The number of aliphatic hydroxyl groups is 2. The van der Waals surface area contributed by atoms with Crippen molar-refractivity contribution in [3.63, 3.8) is 0 Å². The monoisotopic (exact) mass is 603 g/mol. The predicted octanol–water partition coefficient (Wildman–Crippen LogP) is 5.26. The summed E-state index contributed by atoms with van der Waals surface area (Å²) in [5.74, 6) is 1.89. The average molecular weight is 604 g/mol. The summed E-state index contributed by atoms with van der Waals surface area (Å²) >= 11 is 0. The van der Waals surface area contributed by atoms with Crippen LogP contribution in [-0.4, -0.2) is 91.4 Å². The fourth-order valence-electron chi connectivity index (χ4n) is 13.6. The zero-order chi connectivity index (χ0) is 31.0. The van der Waals surface area contributed by atoms with Gasteiger partial charge < -0.3 is 29.2 Å². The van der Waals surface area contributed by atoms with E-state index in [1.807, 2.05) is 13.8 Å². The van der Waals surface area contributed by atoms with Crippen LogP contribution in [0.4, 0.5) is 0 Å². The number of hydrogen-bond donors (Lipinski definition) is 2. The van der Waals surface area contributed by atoms with Crippen LogP contribution < -0.4 is 0 Å². The maximum Gasteiger partial charge on any atom is 0.170 e. The molecule has 2 saturated heterocycles. The highest BCUT2D eigenvalue weighted by molar-refractivity contribution is 5.33. The van der Waals surface area contributed by atoms with Crippen molar-refractivity contribution in [3.8, 4) is 0 Å². The average Bonchev–Trinajstić information content (AvgIpc) is 3.55. The van der Waals surface area contributed by atoms with E-state index in [0.717, 1.165) is 32.5 Å². The minimum Gasteiger partial charge on any atom is -0.390 e. The Morgan fingerprint density at radius 3 is 2.37 bits per heavy atom. The number of rotatable bonds is 5. The fraction of sp³-hybridized carbons (Fsp3) is 1.00. The van der Waals surface area contributed by atoms with Gasteiger partial charge in [0.15, 0.2) is 6.29 Å². The van der Waals surface area contributed by atoms with Gasteiger partial charge in [-0.1, -0.05) is 34.6 Å². The number of fused-ring (bicyclic) bond motifs is 4. The minimum absolute atomic E-state index is 0.0332. The molecule has 7 rings (SSSR count). The molecule has 2 aliphatic heterocycles. The summed E-state index contributed by atoms with van der Waals surface area (Å²) in [7, 11) is 3.84. The lowest BCUT2D eigenvalue weighted by Gasteiger charge is -2.64. The van der Waals surface area contributed by atoms with E-state index in [-0.39, 0.29) is 40.8 Å². The lowest BCUT2D eigenvalue weighted by atomic mass is 9.41. The molecule has 0 aromatic heterocycles. The zero-order valence-electron chi connectivity index (χ0n) is 28.5. The summed E-state index contributed by atoms with van der Waals surface area (Å²) in [5.41, 5.74) is -0.356. The van der Waals surface area contributed by atoms with Gasteiger partial charge in [0.25, 0.3) is 0 Å². The van der Waals surface area contributed by atoms with Gasteiger partial charge in [0.1, 0.15) is 6.10 Å². The number of ether oxygens (including phenoxy) is 4. The number of morpholine rings is 1. The molecule has 5 saturated carbocycles. The minimum atomic E-state index is -1.01. The number of hydrogen-bond acceptors (Lipinski definition) is 7. The standard InChI is InChI=1S/C36H61NO6/c1-21-18-22(30(40-9)32(4,5)39)42-28-27(21)33(6)14-15-36-20-35(36)13-12-25(43-26-19-37(8)16-17-41-26)31(2,3)23(35)10-11-24(36)34(33,7)29(28)38/h21-30,38-39H,10-20H2,1-9H3. The Labute approximate surface area is 260 Å². The van der Waals surface area contributed by atoms with Gasteiger partial charge in [-0.15, -0.1) is 0 Å². The van der Waals surface area contributed by atoms with Crippen molar-refractivity contribution in [1.29, 1.82) is 0 Å². The maximum atomic E-state index is 12.5. The largest absolute Gasteiger partial charge is 0.390 e. The molecule has 0 aromatic carbocycles.